The summed E-state index contributed by atoms with van der Waals surface area (Å²) in [5.74, 6) is -3.26. The molecule has 34 heavy (non-hydrogen) atoms. The lowest BCUT2D eigenvalue weighted by Crippen LogP contribution is -2.57. The van der Waals surface area contributed by atoms with E-state index >= 15 is 0 Å². The van der Waals surface area contributed by atoms with Crippen molar-refractivity contribution in [3.8, 4) is 0 Å². The van der Waals surface area contributed by atoms with Crippen LogP contribution < -0.4 is 27.4 Å². The molecule has 0 aliphatic rings. The zero-order valence-corrected chi connectivity index (χ0v) is 20.1. The predicted octanol–water partition coefficient (Wildman–Crippen LogP) is -0.866. The van der Waals surface area contributed by atoms with E-state index in [1.807, 2.05) is 12.3 Å². The van der Waals surface area contributed by atoms with E-state index in [4.69, 9.17) is 16.6 Å². The molecule has 4 atom stereocenters. The van der Waals surface area contributed by atoms with Crippen LogP contribution in [0.3, 0.4) is 0 Å². The number of carbonyl (C=O) groups excluding carboxylic acids is 4. The minimum atomic E-state index is -1.26. The molecule has 4 unspecified atom stereocenters. The van der Waals surface area contributed by atoms with E-state index in [0.717, 1.165) is 5.56 Å². The lowest BCUT2D eigenvalue weighted by molar-refractivity contribution is -0.142. The maximum absolute atomic E-state index is 13.1. The third kappa shape index (κ3) is 10.7. The summed E-state index contributed by atoms with van der Waals surface area (Å²) in [5, 5.41) is 16.5. The molecule has 0 bridgehead atoms. The summed E-state index contributed by atoms with van der Waals surface area (Å²) in [5.41, 5.74) is 11.9. The minimum absolute atomic E-state index is 0.128. The highest BCUT2D eigenvalue weighted by molar-refractivity contribution is 7.98. The van der Waals surface area contributed by atoms with Crippen molar-refractivity contribution in [2.75, 3.05) is 12.0 Å². The van der Waals surface area contributed by atoms with Gasteiger partial charge in [-0.05, 0) is 37.3 Å². The molecule has 0 saturated heterocycles. The number of nitrogens with two attached hydrogens (primary N) is 2. The fraction of sp³-hybridized carbons (Fsp3) is 0.500. The maximum Gasteiger partial charge on any atom is 0.325 e. The van der Waals surface area contributed by atoms with E-state index in [0.29, 0.717) is 12.2 Å². The van der Waals surface area contributed by atoms with Crippen LogP contribution in [0.2, 0.25) is 0 Å². The number of carboxylic acids is 1. The summed E-state index contributed by atoms with van der Waals surface area (Å²) in [6, 6.07) is 4.62. The van der Waals surface area contributed by atoms with Crippen molar-refractivity contribution >= 4 is 41.4 Å². The van der Waals surface area contributed by atoms with Crippen LogP contribution in [0.4, 0.5) is 0 Å². The first-order valence-corrected chi connectivity index (χ1v) is 12.1. The van der Waals surface area contributed by atoms with Gasteiger partial charge in [0.25, 0.3) is 0 Å². The Kier molecular flexibility index (Phi) is 12.7. The summed E-state index contributed by atoms with van der Waals surface area (Å²) in [6.07, 6.45) is 2.08. The largest absolute Gasteiger partial charge is 0.480 e. The molecular formula is C22H33N5O6S. The Bertz CT molecular complexity index is 853. The molecule has 0 aliphatic heterocycles. The van der Waals surface area contributed by atoms with Gasteiger partial charge in [0.2, 0.25) is 23.6 Å². The first-order chi connectivity index (χ1) is 16.0. The van der Waals surface area contributed by atoms with Crippen LogP contribution >= 0.6 is 11.8 Å². The second-order valence-corrected chi connectivity index (χ2v) is 8.76. The smallest absolute Gasteiger partial charge is 0.325 e. The highest BCUT2D eigenvalue weighted by Gasteiger charge is 2.29. The molecule has 11 nitrogen and oxygen atoms in total. The number of hydrogen-bond acceptors (Lipinski definition) is 7. The Morgan fingerprint density at radius 3 is 2.09 bits per heavy atom. The van der Waals surface area contributed by atoms with E-state index < -0.39 is 53.8 Å². The van der Waals surface area contributed by atoms with E-state index in [9.17, 15) is 24.0 Å². The molecule has 0 aliphatic carbocycles. The normalized spacial score (nSPS) is 14.2. The van der Waals surface area contributed by atoms with Gasteiger partial charge < -0.3 is 32.5 Å². The van der Waals surface area contributed by atoms with Crippen LogP contribution in [0, 0.1) is 0 Å². The van der Waals surface area contributed by atoms with Gasteiger partial charge >= 0.3 is 5.97 Å². The Balaban J connectivity index is 3.04. The van der Waals surface area contributed by atoms with Crippen molar-refractivity contribution in [3.63, 3.8) is 0 Å². The summed E-state index contributed by atoms with van der Waals surface area (Å²) >= 11 is 1.54. The number of rotatable bonds is 15. The standard InChI is InChI=1S/C22H33N5O6S/c1-13(22(32)33)25-20(30)16(8-9-18(24)28)26-21(31)17(12-14-6-4-3-5-7-14)27-19(29)15(23)10-11-34-2/h3-7,13,15-17H,8-12,23H2,1-2H3,(H2,24,28)(H,25,30)(H,26,31)(H,27,29)(H,32,33). The number of amides is 4. The summed E-state index contributed by atoms with van der Waals surface area (Å²) in [4.78, 5) is 60.6. The topological polar surface area (TPSA) is 194 Å². The predicted molar refractivity (Wildman–Crippen MR) is 129 cm³/mol. The van der Waals surface area contributed by atoms with Crippen LogP contribution in [-0.4, -0.2) is 70.9 Å². The van der Waals surface area contributed by atoms with Crippen LogP contribution in [0.1, 0.15) is 31.7 Å². The number of hydrogen-bond donors (Lipinski definition) is 6. The number of aliphatic carboxylic acids is 1. The van der Waals surface area contributed by atoms with Crippen molar-refractivity contribution in [1.82, 2.24) is 16.0 Å². The first kappa shape index (κ1) is 28.9. The fourth-order valence-corrected chi connectivity index (χ4v) is 3.41. The van der Waals surface area contributed by atoms with E-state index in [2.05, 4.69) is 16.0 Å². The molecule has 188 valence electrons. The number of carboxylic acid groups (broad SMARTS) is 1. The average molecular weight is 496 g/mol. The highest BCUT2D eigenvalue weighted by Crippen LogP contribution is 2.07. The molecule has 0 radical (unpaired) electrons. The SMILES string of the molecule is CSCCC(N)C(=O)NC(Cc1ccccc1)C(=O)NC(CCC(N)=O)C(=O)NC(C)C(=O)O. The number of primary amides is 1. The first-order valence-electron chi connectivity index (χ1n) is 10.8. The average Bonchev–Trinajstić information content (AvgIpc) is 2.79. The van der Waals surface area contributed by atoms with Crippen molar-refractivity contribution < 1.29 is 29.1 Å². The van der Waals surface area contributed by atoms with E-state index in [1.54, 1.807) is 24.3 Å². The highest BCUT2D eigenvalue weighted by atomic mass is 32.2. The molecule has 0 saturated carbocycles. The molecule has 0 fully saturated rings. The number of carbonyl (C=O) groups is 5. The Labute approximate surface area is 202 Å². The summed E-state index contributed by atoms with van der Waals surface area (Å²) in [6.45, 7) is 1.27. The molecule has 0 heterocycles. The Hall–Kier alpha value is -3.12. The van der Waals surface area contributed by atoms with E-state index in [1.165, 1.54) is 18.7 Å². The minimum Gasteiger partial charge on any atom is -0.480 e. The van der Waals surface area contributed by atoms with Gasteiger partial charge in [-0.15, -0.1) is 0 Å². The molecule has 1 rings (SSSR count). The quantitative estimate of drug-likeness (QED) is 0.181. The molecular weight excluding hydrogens is 462 g/mol. The van der Waals surface area contributed by atoms with Crippen LogP contribution in [-0.2, 0) is 30.4 Å². The lowest BCUT2D eigenvalue weighted by Gasteiger charge is -2.24. The molecule has 12 heteroatoms. The van der Waals surface area contributed by atoms with Crippen molar-refractivity contribution in [1.29, 1.82) is 0 Å². The number of thioether (sulfide) groups is 1. The second-order valence-electron chi connectivity index (χ2n) is 7.77. The number of benzene rings is 1. The van der Waals surface area contributed by atoms with Crippen molar-refractivity contribution in [2.24, 2.45) is 11.5 Å². The van der Waals surface area contributed by atoms with Crippen molar-refractivity contribution in [3.05, 3.63) is 35.9 Å². The molecule has 1 aromatic carbocycles. The van der Waals surface area contributed by atoms with Gasteiger partial charge in [-0.2, -0.15) is 11.8 Å². The lowest BCUT2D eigenvalue weighted by atomic mass is 10.0. The molecule has 8 N–H and O–H groups in total. The molecule has 1 aromatic rings. The van der Waals surface area contributed by atoms with Gasteiger partial charge in [-0.3, -0.25) is 24.0 Å². The second kappa shape index (κ2) is 14.9. The van der Waals surface area contributed by atoms with Crippen LogP contribution in [0.15, 0.2) is 30.3 Å². The third-order valence-corrected chi connectivity index (χ3v) is 5.57. The van der Waals surface area contributed by atoms with Gasteiger partial charge in [0.1, 0.15) is 18.1 Å². The van der Waals surface area contributed by atoms with Gasteiger partial charge in [0, 0.05) is 12.8 Å². The van der Waals surface area contributed by atoms with Gasteiger partial charge in [0.05, 0.1) is 6.04 Å². The van der Waals surface area contributed by atoms with Gasteiger partial charge in [0.15, 0.2) is 0 Å². The Morgan fingerprint density at radius 1 is 0.941 bits per heavy atom. The van der Waals surface area contributed by atoms with Gasteiger partial charge in [-0.1, -0.05) is 30.3 Å². The molecule has 0 aromatic heterocycles. The van der Waals surface area contributed by atoms with Crippen LogP contribution in [0.25, 0.3) is 0 Å². The number of nitrogens with one attached hydrogen (secondary N) is 3. The van der Waals surface area contributed by atoms with Crippen molar-refractivity contribution in [2.45, 2.75) is 56.8 Å². The third-order valence-electron chi connectivity index (χ3n) is 4.93. The summed E-state index contributed by atoms with van der Waals surface area (Å²) in [7, 11) is 0. The zero-order chi connectivity index (χ0) is 25.7. The Morgan fingerprint density at radius 2 is 1.53 bits per heavy atom. The van der Waals surface area contributed by atoms with Crippen LogP contribution in [0.5, 0.6) is 0 Å². The fourth-order valence-electron chi connectivity index (χ4n) is 2.92. The zero-order valence-electron chi connectivity index (χ0n) is 19.3. The molecule has 0 spiro atoms. The summed E-state index contributed by atoms with van der Waals surface area (Å²) < 4.78 is 0. The molecule has 4 amide bonds. The maximum atomic E-state index is 13.1. The van der Waals surface area contributed by atoms with Gasteiger partial charge in [-0.25, -0.2) is 0 Å². The van der Waals surface area contributed by atoms with E-state index in [-0.39, 0.29) is 19.3 Å². The monoisotopic (exact) mass is 495 g/mol.